The Kier molecular flexibility index (Phi) is 6.09. The molecule has 1 fully saturated rings. The lowest BCUT2D eigenvalue weighted by Gasteiger charge is -2.32. The monoisotopic (exact) mass is 498 g/mol. The number of rotatable bonds is 5. The molecule has 5 rings (SSSR count). The van der Waals surface area contributed by atoms with Crippen LogP contribution >= 0.6 is 34.3 Å². The van der Waals surface area contributed by atoms with Crippen molar-refractivity contribution in [3.63, 3.8) is 0 Å². The number of benzene rings is 2. The fourth-order valence-corrected chi connectivity index (χ4v) is 6.30. The maximum Gasteiger partial charge on any atom is 0.307 e. The van der Waals surface area contributed by atoms with E-state index < -0.39 is 5.97 Å². The number of carbonyl (C=O) groups is 1. The van der Waals surface area contributed by atoms with E-state index >= 15 is 0 Å². The number of nitrogens with zero attached hydrogens (tertiary/aromatic N) is 4. The first-order chi connectivity index (χ1) is 15.9. The van der Waals surface area contributed by atoms with E-state index in [4.69, 9.17) is 21.6 Å². The molecule has 0 bridgehead atoms. The van der Waals surface area contributed by atoms with Crippen molar-refractivity contribution in [2.24, 2.45) is 0 Å². The van der Waals surface area contributed by atoms with Gasteiger partial charge in [0.1, 0.15) is 5.82 Å². The Hall–Kier alpha value is -2.52. The number of halogens is 1. The van der Waals surface area contributed by atoms with E-state index in [9.17, 15) is 9.90 Å². The summed E-state index contributed by atoms with van der Waals surface area (Å²) in [6.07, 6.45) is -0.0439. The van der Waals surface area contributed by atoms with E-state index in [1.165, 1.54) is 0 Å². The quantitative estimate of drug-likeness (QED) is 0.396. The summed E-state index contributed by atoms with van der Waals surface area (Å²) in [6.45, 7) is 5.95. The zero-order valence-electron chi connectivity index (χ0n) is 18.3. The molecule has 3 heterocycles. The molecule has 1 aliphatic heterocycles. The largest absolute Gasteiger partial charge is 0.481 e. The minimum atomic E-state index is -0.853. The molecule has 4 aromatic rings. The average molecular weight is 499 g/mol. The number of carboxylic acid groups (broad SMARTS) is 1. The van der Waals surface area contributed by atoms with Gasteiger partial charge in [0.15, 0.2) is 10.0 Å². The second kappa shape index (κ2) is 9.02. The zero-order valence-corrected chi connectivity index (χ0v) is 20.7. The Morgan fingerprint density at radius 1 is 1.12 bits per heavy atom. The number of carboxylic acids is 1. The van der Waals surface area contributed by atoms with Crippen molar-refractivity contribution in [2.45, 2.75) is 13.3 Å². The van der Waals surface area contributed by atoms with Crippen molar-refractivity contribution in [2.75, 3.05) is 38.1 Å². The molecule has 6 nitrogen and oxygen atoms in total. The van der Waals surface area contributed by atoms with Gasteiger partial charge in [-0.05, 0) is 48.9 Å². The third kappa shape index (κ3) is 4.48. The van der Waals surface area contributed by atoms with Crippen molar-refractivity contribution >= 4 is 56.3 Å². The van der Waals surface area contributed by atoms with Gasteiger partial charge in [-0.3, -0.25) is 4.79 Å². The summed E-state index contributed by atoms with van der Waals surface area (Å²) in [5, 5.41) is 14.1. The fourth-order valence-electron chi connectivity index (χ4n) is 4.17. The van der Waals surface area contributed by atoms with Crippen molar-refractivity contribution < 1.29 is 9.90 Å². The summed E-state index contributed by atoms with van der Waals surface area (Å²) < 4.78 is 0.977. The Morgan fingerprint density at radius 2 is 1.85 bits per heavy atom. The van der Waals surface area contributed by atoms with Gasteiger partial charge < -0.3 is 14.9 Å². The number of aliphatic carboxylic acids is 1. The van der Waals surface area contributed by atoms with Crippen LogP contribution < -0.4 is 4.90 Å². The second-order valence-corrected chi connectivity index (χ2v) is 10.6. The molecule has 1 saturated heterocycles. The number of fused-ring (bicyclic) bond motifs is 1. The van der Waals surface area contributed by atoms with Gasteiger partial charge in [0.05, 0.1) is 16.6 Å². The molecule has 2 aromatic heterocycles. The molecule has 2 aromatic carbocycles. The van der Waals surface area contributed by atoms with Crippen LogP contribution in [0.5, 0.6) is 0 Å². The van der Waals surface area contributed by atoms with E-state index in [1.54, 1.807) is 22.7 Å². The summed E-state index contributed by atoms with van der Waals surface area (Å²) in [6, 6.07) is 9.54. The molecule has 0 amide bonds. The number of likely N-dealkylation sites (N-methyl/N-ethyl adjacent to an activating group) is 1. The van der Waals surface area contributed by atoms with Crippen LogP contribution in [0.25, 0.3) is 31.4 Å². The first-order valence-electron chi connectivity index (χ1n) is 10.7. The van der Waals surface area contributed by atoms with Crippen LogP contribution in [0.15, 0.2) is 35.7 Å². The molecule has 0 aliphatic carbocycles. The summed E-state index contributed by atoms with van der Waals surface area (Å²) in [7, 11) is 2.14. The minimum absolute atomic E-state index is 0.0439. The van der Waals surface area contributed by atoms with Crippen molar-refractivity contribution in [3.05, 3.63) is 51.9 Å². The van der Waals surface area contributed by atoms with Crippen LogP contribution in [0.4, 0.5) is 5.82 Å². The molecule has 33 heavy (non-hydrogen) atoms. The summed E-state index contributed by atoms with van der Waals surface area (Å²) in [5.41, 5.74) is 4.46. The molecule has 9 heteroatoms. The standard InChI is InChI=1S/C24H23ClN4O2S2/c1-14-11-18-22(21(17(14)12-20(30)31)15-3-5-16(25)6-4-15)33-24(26-18)23-27-19(13-32-23)29-9-7-28(2)8-10-29/h3-6,11,13H,7-10,12H2,1-2H3,(H,30,31). The first kappa shape index (κ1) is 22.3. The Labute approximate surface area is 205 Å². The van der Waals surface area contributed by atoms with Gasteiger partial charge in [-0.15, -0.1) is 22.7 Å². The lowest BCUT2D eigenvalue weighted by Crippen LogP contribution is -2.44. The van der Waals surface area contributed by atoms with Gasteiger partial charge >= 0.3 is 5.97 Å². The molecule has 1 aliphatic rings. The number of piperazine rings is 1. The average Bonchev–Trinajstić information content (AvgIpc) is 3.43. The Morgan fingerprint density at radius 3 is 2.55 bits per heavy atom. The second-order valence-electron chi connectivity index (χ2n) is 8.29. The first-order valence-corrected chi connectivity index (χ1v) is 12.8. The van der Waals surface area contributed by atoms with E-state index in [1.807, 2.05) is 37.3 Å². The Balaban J connectivity index is 1.60. The van der Waals surface area contributed by atoms with Crippen LogP contribution in [0.3, 0.4) is 0 Å². The van der Waals surface area contributed by atoms with Crippen molar-refractivity contribution in [3.8, 4) is 21.1 Å². The van der Waals surface area contributed by atoms with Gasteiger partial charge in [-0.2, -0.15) is 0 Å². The highest BCUT2D eigenvalue weighted by molar-refractivity contribution is 7.25. The molecule has 0 spiro atoms. The fraction of sp³-hybridized carbons (Fsp3) is 0.292. The lowest BCUT2D eigenvalue weighted by atomic mass is 9.93. The number of aryl methyl sites for hydroxylation is 1. The van der Waals surface area contributed by atoms with Crippen LogP contribution in [-0.4, -0.2) is 59.2 Å². The third-order valence-corrected chi connectivity index (χ3v) is 8.29. The molecule has 0 saturated carbocycles. The molecular formula is C24H23ClN4O2S2. The van der Waals surface area contributed by atoms with Gasteiger partial charge in [0.25, 0.3) is 0 Å². The predicted molar refractivity (Wildman–Crippen MR) is 137 cm³/mol. The molecular weight excluding hydrogens is 476 g/mol. The highest BCUT2D eigenvalue weighted by Crippen LogP contribution is 2.42. The van der Waals surface area contributed by atoms with E-state index in [-0.39, 0.29) is 6.42 Å². The number of hydrogen-bond acceptors (Lipinski definition) is 7. The predicted octanol–water partition coefficient (Wildman–Crippen LogP) is 5.43. The van der Waals surface area contributed by atoms with Crippen LogP contribution in [0.2, 0.25) is 5.02 Å². The minimum Gasteiger partial charge on any atom is -0.481 e. The molecule has 0 radical (unpaired) electrons. The van der Waals surface area contributed by atoms with E-state index in [0.29, 0.717) is 5.02 Å². The van der Waals surface area contributed by atoms with Crippen LogP contribution in [0, 0.1) is 6.92 Å². The molecule has 1 N–H and O–H groups in total. The summed E-state index contributed by atoms with van der Waals surface area (Å²) in [4.78, 5) is 26.1. The summed E-state index contributed by atoms with van der Waals surface area (Å²) >= 11 is 9.29. The molecule has 0 atom stereocenters. The lowest BCUT2D eigenvalue weighted by molar-refractivity contribution is -0.136. The van der Waals surface area contributed by atoms with Gasteiger partial charge in [0, 0.05) is 42.1 Å². The van der Waals surface area contributed by atoms with Crippen LogP contribution in [-0.2, 0) is 11.2 Å². The topological polar surface area (TPSA) is 69.6 Å². The van der Waals surface area contributed by atoms with Crippen molar-refractivity contribution in [1.29, 1.82) is 0 Å². The van der Waals surface area contributed by atoms with Gasteiger partial charge in [-0.25, -0.2) is 9.97 Å². The SMILES string of the molecule is Cc1cc2nc(-c3nc(N4CCN(C)CC4)cs3)sc2c(-c2ccc(Cl)cc2)c1CC(=O)O. The third-order valence-electron chi connectivity index (χ3n) is 5.97. The maximum atomic E-state index is 11.6. The Bertz CT molecular complexity index is 1320. The number of thiazole rings is 2. The van der Waals surface area contributed by atoms with E-state index in [0.717, 1.165) is 74.5 Å². The number of hydrogen-bond donors (Lipinski definition) is 1. The number of anilines is 1. The zero-order chi connectivity index (χ0) is 23.1. The van der Waals surface area contributed by atoms with Gasteiger partial charge in [0.2, 0.25) is 0 Å². The van der Waals surface area contributed by atoms with Gasteiger partial charge in [-0.1, -0.05) is 23.7 Å². The molecule has 170 valence electrons. The van der Waals surface area contributed by atoms with Crippen LogP contribution in [0.1, 0.15) is 11.1 Å². The molecule has 0 unspecified atom stereocenters. The number of aromatic nitrogens is 2. The van der Waals surface area contributed by atoms with E-state index in [2.05, 4.69) is 22.2 Å². The highest BCUT2D eigenvalue weighted by atomic mass is 35.5. The maximum absolute atomic E-state index is 11.6. The normalized spacial score (nSPS) is 14.8. The van der Waals surface area contributed by atoms with Crippen molar-refractivity contribution in [1.82, 2.24) is 14.9 Å². The smallest absolute Gasteiger partial charge is 0.307 e. The highest BCUT2D eigenvalue weighted by Gasteiger charge is 2.22. The summed E-state index contributed by atoms with van der Waals surface area (Å²) in [5.74, 6) is 0.150.